The summed E-state index contributed by atoms with van der Waals surface area (Å²) in [5.41, 5.74) is 0.622. The number of carbonyl (C=O) groups excluding carboxylic acids is 2. The largest absolute Gasteiger partial charge is 0.303 e. The lowest BCUT2D eigenvalue weighted by molar-refractivity contribution is -0.113. The SMILES string of the molecule is O=CC[C@@H](C=O)NS(=O)(=O)Cc1ccc2ccccc2c1. The van der Waals surface area contributed by atoms with Gasteiger partial charge in [0.25, 0.3) is 0 Å². The monoisotopic (exact) mass is 305 g/mol. The zero-order valence-electron chi connectivity index (χ0n) is 11.2. The maximum Gasteiger partial charge on any atom is 0.216 e. The summed E-state index contributed by atoms with van der Waals surface area (Å²) < 4.78 is 26.2. The van der Waals surface area contributed by atoms with Gasteiger partial charge in [0.1, 0.15) is 12.6 Å². The van der Waals surface area contributed by atoms with Crippen molar-refractivity contribution in [2.45, 2.75) is 18.2 Å². The number of fused-ring (bicyclic) bond motifs is 1. The van der Waals surface area contributed by atoms with Gasteiger partial charge in [0, 0.05) is 6.42 Å². The van der Waals surface area contributed by atoms with E-state index in [1.807, 2.05) is 30.3 Å². The molecule has 1 N–H and O–H groups in total. The summed E-state index contributed by atoms with van der Waals surface area (Å²) in [5.74, 6) is -0.235. The number of carbonyl (C=O) groups is 2. The fourth-order valence-corrected chi connectivity index (χ4v) is 3.37. The van der Waals surface area contributed by atoms with E-state index >= 15 is 0 Å². The highest BCUT2D eigenvalue weighted by Crippen LogP contribution is 2.17. The van der Waals surface area contributed by atoms with Crippen LogP contribution in [0.1, 0.15) is 12.0 Å². The molecular weight excluding hydrogens is 290 g/mol. The summed E-state index contributed by atoms with van der Waals surface area (Å²) >= 11 is 0. The minimum absolute atomic E-state index is 0.166. The Morgan fingerprint density at radius 1 is 1.05 bits per heavy atom. The van der Waals surface area contributed by atoms with Crippen molar-refractivity contribution in [3.05, 3.63) is 48.0 Å². The van der Waals surface area contributed by atoms with E-state index < -0.39 is 16.1 Å². The molecule has 0 bridgehead atoms. The molecule has 0 aliphatic carbocycles. The van der Waals surface area contributed by atoms with Gasteiger partial charge in [-0.05, 0) is 16.3 Å². The Morgan fingerprint density at radius 3 is 2.43 bits per heavy atom. The smallest absolute Gasteiger partial charge is 0.216 e. The Hall–Kier alpha value is -2.05. The van der Waals surface area contributed by atoms with Crippen molar-refractivity contribution in [2.24, 2.45) is 0 Å². The first-order valence-electron chi connectivity index (χ1n) is 6.40. The molecule has 0 heterocycles. The molecule has 21 heavy (non-hydrogen) atoms. The molecule has 1 atom stereocenters. The molecule has 110 valence electrons. The van der Waals surface area contributed by atoms with Crippen molar-refractivity contribution in [2.75, 3.05) is 0 Å². The highest BCUT2D eigenvalue weighted by atomic mass is 32.2. The van der Waals surface area contributed by atoms with Crippen LogP contribution in [0.4, 0.5) is 0 Å². The Kier molecular flexibility index (Phi) is 4.82. The third-order valence-electron chi connectivity index (χ3n) is 3.02. The Balaban J connectivity index is 2.17. The lowest BCUT2D eigenvalue weighted by atomic mass is 10.1. The van der Waals surface area contributed by atoms with Crippen molar-refractivity contribution >= 4 is 33.4 Å². The van der Waals surface area contributed by atoms with Crippen molar-refractivity contribution in [3.8, 4) is 0 Å². The summed E-state index contributed by atoms with van der Waals surface area (Å²) in [7, 11) is -3.68. The number of hydrogen-bond acceptors (Lipinski definition) is 4. The van der Waals surface area contributed by atoms with Gasteiger partial charge in [0.15, 0.2) is 0 Å². The van der Waals surface area contributed by atoms with Gasteiger partial charge < -0.3 is 9.59 Å². The van der Waals surface area contributed by atoms with Gasteiger partial charge in [-0.15, -0.1) is 0 Å². The molecule has 0 spiro atoms. The van der Waals surface area contributed by atoms with Crippen LogP contribution in [0.5, 0.6) is 0 Å². The van der Waals surface area contributed by atoms with Crippen molar-refractivity contribution in [1.29, 1.82) is 0 Å². The van der Waals surface area contributed by atoms with Crippen LogP contribution in [0.3, 0.4) is 0 Å². The average molecular weight is 305 g/mol. The fraction of sp³-hybridized carbons (Fsp3) is 0.200. The van der Waals surface area contributed by atoms with Crippen LogP contribution in [0.25, 0.3) is 10.8 Å². The fourth-order valence-electron chi connectivity index (χ4n) is 2.06. The summed E-state index contributed by atoms with van der Waals surface area (Å²) in [6.07, 6.45) is 0.768. The second-order valence-electron chi connectivity index (χ2n) is 4.70. The van der Waals surface area contributed by atoms with Gasteiger partial charge in [0.2, 0.25) is 10.0 Å². The maximum atomic E-state index is 12.0. The van der Waals surface area contributed by atoms with Gasteiger partial charge in [-0.3, -0.25) is 0 Å². The van der Waals surface area contributed by atoms with Crippen LogP contribution in [0, 0.1) is 0 Å². The molecule has 5 nitrogen and oxygen atoms in total. The molecule has 0 fully saturated rings. The predicted octanol–water partition coefficient (Wildman–Crippen LogP) is 1.42. The first-order chi connectivity index (χ1) is 10.0. The molecule has 0 aliphatic rings. The molecule has 2 aromatic rings. The van der Waals surface area contributed by atoms with E-state index in [0.29, 0.717) is 18.1 Å². The number of nitrogens with one attached hydrogen (secondary N) is 1. The van der Waals surface area contributed by atoms with E-state index in [4.69, 9.17) is 0 Å². The lowest BCUT2D eigenvalue weighted by Crippen LogP contribution is -2.37. The van der Waals surface area contributed by atoms with Gasteiger partial charge in [0.05, 0.1) is 11.8 Å². The van der Waals surface area contributed by atoms with E-state index in [2.05, 4.69) is 4.72 Å². The van der Waals surface area contributed by atoms with Crippen molar-refractivity contribution in [1.82, 2.24) is 4.72 Å². The Bertz CT molecular complexity index is 755. The lowest BCUT2D eigenvalue weighted by Gasteiger charge is -2.11. The highest BCUT2D eigenvalue weighted by molar-refractivity contribution is 7.88. The molecule has 0 saturated carbocycles. The highest BCUT2D eigenvalue weighted by Gasteiger charge is 2.17. The number of benzene rings is 2. The number of rotatable bonds is 7. The maximum absolute atomic E-state index is 12.0. The topological polar surface area (TPSA) is 80.3 Å². The minimum Gasteiger partial charge on any atom is -0.303 e. The molecule has 0 radical (unpaired) electrons. The van der Waals surface area contributed by atoms with E-state index in [1.165, 1.54) is 0 Å². The second kappa shape index (κ2) is 6.60. The zero-order valence-corrected chi connectivity index (χ0v) is 12.0. The quantitative estimate of drug-likeness (QED) is 0.784. The van der Waals surface area contributed by atoms with Crippen LogP contribution in [0.2, 0.25) is 0 Å². The van der Waals surface area contributed by atoms with Gasteiger partial charge in [-0.2, -0.15) is 0 Å². The van der Waals surface area contributed by atoms with E-state index in [1.54, 1.807) is 12.1 Å². The molecule has 0 saturated heterocycles. The van der Waals surface area contributed by atoms with Gasteiger partial charge in [-0.25, -0.2) is 13.1 Å². The zero-order chi connectivity index (χ0) is 15.3. The van der Waals surface area contributed by atoms with E-state index in [0.717, 1.165) is 10.8 Å². The standard InChI is InChI=1S/C15H15NO4S/c17-8-7-15(10-18)16-21(19,20)11-12-5-6-13-3-1-2-4-14(13)9-12/h1-6,8-10,15-16H,7,11H2/t15-/m0/s1. The summed E-state index contributed by atoms with van der Waals surface area (Å²) in [5, 5.41) is 1.98. The Labute approximate surface area is 123 Å². The first kappa shape index (κ1) is 15.3. The average Bonchev–Trinajstić information content (AvgIpc) is 2.46. The molecule has 2 aromatic carbocycles. The Morgan fingerprint density at radius 2 is 1.76 bits per heavy atom. The summed E-state index contributed by atoms with van der Waals surface area (Å²) in [4.78, 5) is 21.1. The molecule has 0 aliphatic heterocycles. The molecule has 0 aromatic heterocycles. The van der Waals surface area contributed by atoms with Crippen LogP contribution in [0.15, 0.2) is 42.5 Å². The van der Waals surface area contributed by atoms with Crippen LogP contribution in [-0.4, -0.2) is 27.0 Å². The molecular formula is C15H15NO4S. The third-order valence-corrected chi connectivity index (χ3v) is 4.39. The second-order valence-corrected chi connectivity index (χ2v) is 6.46. The van der Waals surface area contributed by atoms with Crippen LogP contribution in [-0.2, 0) is 25.4 Å². The van der Waals surface area contributed by atoms with Crippen LogP contribution < -0.4 is 4.72 Å². The molecule has 0 amide bonds. The van der Waals surface area contributed by atoms with Crippen molar-refractivity contribution in [3.63, 3.8) is 0 Å². The van der Waals surface area contributed by atoms with Gasteiger partial charge >= 0.3 is 0 Å². The third kappa shape index (κ3) is 4.21. The minimum atomic E-state index is -3.68. The predicted molar refractivity (Wildman–Crippen MR) is 80.2 cm³/mol. The summed E-state index contributed by atoms with van der Waals surface area (Å²) in [6, 6.07) is 12.0. The number of hydrogen-bond donors (Lipinski definition) is 1. The van der Waals surface area contributed by atoms with Crippen molar-refractivity contribution < 1.29 is 18.0 Å². The molecule has 2 rings (SSSR count). The van der Waals surface area contributed by atoms with E-state index in [-0.39, 0.29) is 12.2 Å². The molecule has 6 heteroatoms. The first-order valence-corrected chi connectivity index (χ1v) is 8.06. The number of sulfonamides is 1. The van der Waals surface area contributed by atoms with Crippen LogP contribution >= 0.6 is 0 Å². The normalized spacial score (nSPS) is 13.0. The van der Waals surface area contributed by atoms with E-state index in [9.17, 15) is 18.0 Å². The van der Waals surface area contributed by atoms with Gasteiger partial charge in [-0.1, -0.05) is 42.5 Å². The molecule has 0 unspecified atom stereocenters. The summed E-state index contributed by atoms with van der Waals surface area (Å²) in [6.45, 7) is 0. The number of aldehydes is 2.